The molecule has 0 spiro atoms. The molecule has 2 N–H and O–H groups in total. The highest BCUT2D eigenvalue weighted by molar-refractivity contribution is 5.93. The molecule has 0 saturated carbocycles. The smallest absolute Gasteiger partial charge is 0.323 e. The highest BCUT2D eigenvalue weighted by Gasteiger charge is 2.23. The summed E-state index contributed by atoms with van der Waals surface area (Å²) in [6, 6.07) is 4.70. The van der Waals surface area contributed by atoms with Gasteiger partial charge in [0.2, 0.25) is 5.95 Å². The second-order valence-electron chi connectivity index (χ2n) is 11.5. The summed E-state index contributed by atoms with van der Waals surface area (Å²) in [4.78, 5) is 27.3. The highest BCUT2D eigenvalue weighted by atomic mass is 16.5. The first kappa shape index (κ1) is 32.2. The van der Waals surface area contributed by atoms with Crippen LogP contribution in [0.4, 0.5) is 11.8 Å². The van der Waals surface area contributed by atoms with Crippen LogP contribution in [0.15, 0.2) is 24.3 Å². The van der Waals surface area contributed by atoms with Crippen molar-refractivity contribution in [2.24, 2.45) is 0 Å². The van der Waals surface area contributed by atoms with E-state index in [0.717, 1.165) is 62.9 Å². The maximum Gasteiger partial charge on any atom is 0.323 e. The number of benzene rings is 1. The van der Waals surface area contributed by atoms with Crippen LogP contribution < -0.4 is 15.0 Å². The summed E-state index contributed by atoms with van der Waals surface area (Å²) in [5, 5.41) is 13.8. The average molecular weight is 565 g/mol. The molecule has 2 aliphatic heterocycles. The third kappa shape index (κ3) is 9.91. The van der Waals surface area contributed by atoms with E-state index < -0.39 is 5.97 Å². The number of aromatic nitrogens is 2. The Balaban J connectivity index is 0.00000108. The topological polar surface area (TPSA) is 94.1 Å². The minimum Gasteiger partial charge on any atom is -0.495 e. The van der Waals surface area contributed by atoms with E-state index in [1.807, 2.05) is 26.0 Å². The van der Waals surface area contributed by atoms with Crippen LogP contribution in [0.3, 0.4) is 0 Å². The second kappa shape index (κ2) is 15.6. The summed E-state index contributed by atoms with van der Waals surface area (Å²) in [6.07, 6.45) is 5.39. The number of likely N-dealkylation sites (tertiary alicyclic amines) is 2. The normalized spacial score (nSPS) is 16.1. The maximum absolute atomic E-state index is 11.4. The van der Waals surface area contributed by atoms with Gasteiger partial charge >= 0.3 is 5.97 Å². The van der Waals surface area contributed by atoms with Crippen molar-refractivity contribution in [3.05, 3.63) is 29.8 Å². The molecular weight excluding hydrogens is 516 g/mol. The van der Waals surface area contributed by atoms with Crippen LogP contribution in [0.1, 0.15) is 65.4 Å². The number of carbonyl (C=O) groups is 1. The van der Waals surface area contributed by atoms with Crippen molar-refractivity contribution in [1.82, 2.24) is 19.8 Å². The minimum atomic E-state index is -0.930. The van der Waals surface area contributed by atoms with E-state index in [1.165, 1.54) is 18.4 Å². The first-order chi connectivity index (χ1) is 19.6. The fourth-order valence-corrected chi connectivity index (χ4v) is 5.10. The lowest BCUT2D eigenvalue weighted by atomic mass is 10.0. The van der Waals surface area contributed by atoms with Crippen molar-refractivity contribution in [3.8, 4) is 17.6 Å². The van der Waals surface area contributed by atoms with Crippen LogP contribution in [-0.2, 0) is 4.79 Å². The molecule has 0 amide bonds. The van der Waals surface area contributed by atoms with Gasteiger partial charge in [-0.15, -0.1) is 6.58 Å². The third-order valence-corrected chi connectivity index (χ3v) is 7.29. The zero-order valence-electron chi connectivity index (χ0n) is 25.8. The lowest BCUT2D eigenvalue weighted by Gasteiger charge is -2.35. The number of carboxylic acids is 1. The quantitative estimate of drug-likeness (QED) is 0.327. The number of ether oxygens (including phenoxy) is 1. The molecule has 0 atom stereocenters. The van der Waals surface area contributed by atoms with Gasteiger partial charge in [-0.3, -0.25) is 4.79 Å². The number of likely N-dealkylation sites (N-methyl/N-ethyl adjacent to an activating group) is 1. The monoisotopic (exact) mass is 564 g/mol. The molecule has 0 bridgehead atoms. The first-order valence-corrected chi connectivity index (χ1v) is 14.7. The molecule has 0 unspecified atom stereocenters. The number of piperidine rings is 1. The molecule has 2 fully saturated rings. The van der Waals surface area contributed by atoms with Gasteiger partial charge in [-0.1, -0.05) is 17.4 Å². The predicted molar refractivity (Wildman–Crippen MR) is 168 cm³/mol. The largest absolute Gasteiger partial charge is 0.495 e. The summed E-state index contributed by atoms with van der Waals surface area (Å²) in [7, 11) is 3.35. The lowest BCUT2D eigenvalue weighted by molar-refractivity contribution is -0.135. The molecule has 4 rings (SSSR count). The highest BCUT2D eigenvalue weighted by Crippen LogP contribution is 2.31. The van der Waals surface area contributed by atoms with E-state index >= 15 is 0 Å². The van der Waals surface area contributed by atoms with E-state index in [1.54, 1.807) is 19.1 Å². The van der Waals surface area contributed by atoms with Crippen LogP contribution in [0.25, 0.3) is 10.9 Å². The van der Waals surface area contributed by atoms with Crippen molar-refractivity contribution in [1.29, 1.82) is 0 Å². The SMILES string of the molecule is C=C(C)C.COc1cc2c(NC3CCN(C(C)C)CC3)nc(N(C)CC(=O)O)nc2cc1C#CCCN1CCCC1. The average Bonchev–Trinajstić information content (AvgIpc) is 3.44. The predicted octanol–water partition coefficient (Wildman–Crippen LogP) is 4.86. The van der Waals surface area contributed by atoms with Crippen molar-refractivity contribution in [3.63, 3.8) is 0 Å². The van der Waals surface area contributed by atoms with E-state index in [-0.39, 0.29) is 12.6 Å². The van der Waals surface area contributed by atoms with Crippen LogP contribution in [0.2, 0.25) is 0 Å². The number of carboxylic acid groups (broad SMARTS) is 1. The first-order valence-electron chi connectivity index (χ1n) is 14.7. The number of anilines is 2. The molecule has 9 heteroatoms. The van der Waals surface area contributed by atoms with Gasteiger partial charge in [0.15, 0.2) is 0 Å². The number of hydrogen-bond donors (Lipinski definition) is 2. The van der Waals surface area contributed by atoms with Crippen LogP contribution in [-0.4, -0.2) is 96.4 Å². The van der Waals surface area contributed by atoms with Gasteiger partial charge in [-0.25, -0.2) is 4.98 Å². The van der Waals surface area contributed by atoms with E-state index in [9.17, 15) is 9.90 Å². The summed E-state index contributed by atoms with van der Waals surface area (Å²) < 4.78 is 5.71. The molecular formula is C32H48N6O3. The number of methoxy groups -OCH3 is 1. The van der Waals surface area contributed by atoms with Gasteiger partial charge in [-0.2, -0.15) is 4.98 Å². The zero-order chi connectivity index (χ0) is 29.9. The molecule has 1 aromatic carbocycles. The number of allylic oxidation sites excluding steroid dienone is 1. The second-order valence-corrected chi connectivity index (χ2v) is 11.5. The molecule has 1 aromatic heterocycles. The van der Waals surface area contributed by atoms with Crippen molar-refractivity contribution in [2.75, 3.05) is 63.6 Å². The zero-order valence-corrected chi connectivity index (χ0v) is 25.8. The van der Waals surface area contributed by atoms with Crippen molar-refractivity contribution in [2.45, 2.75) is 71.9 Å². The van der Waals surface area contributed by atoms with Gasteiger partial charge in [0.1, 0.15) is 18.1 Å². The molecule has 2 saturated heterocycles. The Morgan fingerprint density at radius 2 is 1.85 bits per heavy atom. The molecule has 9 nitrogen and oxygen atoms in total. The summed E-state index contributed by atoms with van der Waals surface area (Å²) in [5.41, 5.74) is 2.66. The Kier molecular flexibility index (Phi) is 12.2. The maximum atomic E-state index is 11.4. The Hall–Kier alpha value is -3.35. The fraction of sp³-hybridized carbons (Fsp3) is 0.594. The molecule has 0 aliphatic carbocycles. The van der Waals surface area contributed by atoms with Crippen LogP contribution >= 0.6 is 0 Å². The Labute approximate surface area is 246 Å². The summed E-state index contributed by atoms with van der Waals surface area (Å²) >= 11 is 0. The van der Waals surface area contributed by atoms with Gasteiger partial charge in [0, 0.05) is 50.6 Å². The van der Waals surface area contributed by atoms with Crippen molar-refractivity contribution < 1.29 is 14.6 Å². The minimum absolute atomic E-state index is 0.183. The standard InChI is InChI=1S/C28H40N6O3.C4H8/c1-20(2)34-15-10-22(11-16-34)29-27-23-18-25(37-4)21(9-5-6-12-33-13-7-8-14-33)17-24(23)30-28(31-27)32(3)19-26(35)36;1-4(2)3/h17-18,20,22H,6-8,10-16,19H2,1-4H3,(H,35,36)(H,29,30,31);1H2,2-3H3. The molecule has 3 heterocycles. The summed E-state index contributed by atoms with van der Waals surface area (Å²) in [6.45, 7) is 17.2. The number of aliphatic carboxylic acids is 1. The number of rotatable bonds is 9. The number of hydrogen-bond acceptors (Lipinski definition) is 8. The Morgan fingerprint density at radius 3 is 2.44 bits per heavy atom. The molecule has 2 aliphatic rings. The van der Waals surface area contributed by atoms with Gasteiger partial charge in [0.05, 0.1) is 18.2 Å². The van der Waals surface area contributed by atoms with E-state index in [2.05, 4.69) is 47.4 Å². The summed E-state index contributed by atoms with van der Waals surface area (Å²) in [5.74, 6) is 7.41. The lowest BCUT2D eigenvalue weighted by Crippen LogP contribution is -2.42. The molecule has 224 valence electrons. The Morgan fingerprint density at radius 1 is 1.20 bits per heavy atom. The fourth-order valence-electron chi connectivity index (χ4n) is 5.10. The van der Waals surface area contributed by atoms with Gasteiger partial charge < -0.3 is 29.9 Å². The van der Waals surface area contributed by atoms with Crippen LogP contribution in [0.5, 0.6) is 5.75 Å². The van der Waals surface area contributed by atoms with E-state index in [0.29, 0.717) is 29.1 Å². The van der Waals surface area contributed by atoms with E-state index in [4.69, 9.17) is 14.7 Å². The van der Waals surface area contributed by atoms with Crippen molar-refractivity contribution >= 4 is 28.6 Å². The van der Waals surface area contributed by atoms with Gasteiger partial charge in [0.25, 0.3) is 0 Å². The third-order valence-electron chi connectivity index (χ3n) is 7.29. The number of nitrogens with zero attached hydrogens (tertiary/aromatic N) is 5. The number of nitrogens with one attached hydrogen (secondary N) is 1. The van der Waals surface area contributed by atoms with Crippen LogP contribution in [0, 0.1) is 11.8 Å². The molecule has 0 radical (unpaired) electrons. The molecule has 2 aromatic rings. The molecule has 41 heavy (non-hydrogen) atoms. The van der Waals surface area contributed by atoms with Gasteiger partial charge in [-0.05, 0) is 78.6 Å². The number of fused-ring (bicyclic) bond motifs is 1. The Bertz CT molecular complexity index is 1230.